The van der Waals surface area contributed by atoms with Crippen LogP contribution in [0.25, 0.3) is 28.4 Å². The van der Waals surface area contributed by atoms with E-state index in [-0.39, 0.29) is 18.3 Å². The molecule has 5 rings (SSSR count). The second kappa shape index (κ2) is 10.2. The summed E-state index contributed by atoms with van der Waals surface area (Å²) in [5.74, 6) is 1.38. The molecule has 3 heterocycles. The summed E-state index contributed by atoms with van der Waals surface area (Å²) < 4.78 is 13.0. The molecule has 0 saturated carbocycles. The summed E-state index contributed by atoms with van der Waals surface area (Å²) in [5, 5.41) is 0. The lowest BCUT2D eigenvalue weighted by molar-refractivity contribution is -0.126. The molecular weight excluding hydrogens is 462 g/mol. The molecule has 4 aromatic rings. The van der Waals surface area contributed by atoms with Gasteiger partial charge >= 0.3 is 0 Å². The Labute approximate surface area is 211 Å². The maximum Gasteiger partial charge on any atom is 0.246 e. The van der Waals surface area contributed by atoms with Gasteiger partial charge in [0.15, 0.2) is 11.5 Å². The second-order valence-corrected chi connectivity index (χ2v) is 8.38. The van der Waals surface area contributed by atoms with Gasteiger partial charge in [-0.2, -0.15) is 0 Å². The molecule has 0 saturated heterocycles. The average molecular weight is 490 g/mol. The van der Waals surface area contributed by atoms with Gasteiger partial charge in [-0.1, -0.05) is 30.3 Å². The first-order valence-electron chi connectivity index (χ1n) is 11.3. The first kappa shape index (κ1) is 24.4. The smallest absolute Gasteiger partial charge is 0.246 e. The molecule has 0 aliphatic carbocycles. The molecule has 6 nitrogen and oxygen atoms in total. The van der Waals surface area contributed by atoms with Crippen LogP contribution in [0.15, 0.2) is 66.9 Å². The maximum absolute atomic E-state index is 13.2. The van der Waals surface area contributed by atoms with Crippen molar-refractivity contribution in [2.45, 2.75) is 13.0 Å². The minimum Gasteiger partial charge on any atom is -0.493 e. The van der Waals surface area contributed by atoms with Crippen molar-refractivity contribution in [1.29, 1.82) is 0 Å². The van der Waals surface area contributed by atoms with Gasteiger partial charge in [0.1, 0.15) is 0 Å². The van der Waals surface area contributed by atoms with E-state index in [1.54, 1.807) is 26.5 Å². The van der Waals surface area contributed by atoms with Crippen LogP contribution >= 0.6 is 12.4 Å². The number of hydrogen-bond acceptors (Lipinski definition) is 4. The molecule has 0 fully saturated rings. The zero-order valence-corrected chi connectivity index (χ0v) is 20.8. The van der Waals surface area contributed by atoms with Gasteiger partial charge in [-0.3, -0.25) is 9.78 Å². The standard InChI is InChI=1S/C28H27N3O3.ClH/c1-30-23-10-7-14-29-27(23)22(28(30)19-8-5-4-6-9-19)11-12-26(32)31-15-13-20-16-24(33-2)25(34-3)17-21(20)18-31;/h4-12,14,16-17H,13,15,18H2,1-3H3;1H/b12-11+;. The van der Waals surface area contributed by atoms with Gasteiger partial charge in [-0.05, 0) is 53.5 Å². The molecule has 0 unspecified atom stereocenters. The fraction of sp³-hybridized carbons (Fsp3) is 0.214. The van der Waals surface area contributed by atoms with Crippen molar-refractivity contribution in [1.82, 2.24) is 14.5 Å². The summed E-state index contributed by atoms with van der Waals surface area (Å²) in [5.41, 5.74) is 7.26. The molecule has 35 heavy (non-hydrogen) atoms. The summed E-state index contributed by atoms with van der Waals surface area (Å²) in [4.78, 5) is 19.7. The van der Waals surface area contributed by atoms with Crippen LogP contribution in [0, 0.1) is 0 Å². The lowest BCUT2D eigenvalue weighted by Crippen LogP contribution is -2.34. The van der Waals surface area contributed by atoms with Gasteiger partial charge in [0.2, 0.25) is 5.91 Å². The summed E-state index contributed by atoms with van der Waals surface area (Å²) in [7, 11) is 5.30. The van der Waals surface area contributed by atoms with Crippen LogP contribution in [0.4, 0.5) is 0 Å². The SMILES string of the molecule is COc1cc2c(cc1OC)CN(C(=O)/C=C/c1c(-c3ccccc3)n(C)c3cccnc13)CC2.Cl. The summed E-state index contributed by atoms with van der Waals surface area (Å²) in [6.45, 7) is 1.20. The van der Waals surface area contributed by atoms with E-state index in [0.29, 0.717) is 18.8 Å². The Kier molecular flexibility index (Phi) is 7.12. The fourth-order valence-electron chi connectivity index (χ4n) is 4.72. The van der Waals surface area contributed by atoms with E-state index in [2.05, 4.69) is 27.8 Å². The highest BCUT2D eigenvalue weighted by molar-refractivity contribution is 5.99. The number of pyridine rings is 1. The van der Waals surface area contributed by atoms with E-state index in [9.17, 15) is 4.79 Å². The molecule has 1 aliphatic heterocycles. The third-order valence-corrected chi connectivity index (χ3v) is 6.46. The highest BCUT2D eigenvalue weighted by Gasteiger charge is 2.22. The van der Waals surface area contributed by atoms with E-state index in [4.69, 9.17) is 9.47 Å². The van der Waals surface area contributed by atoms with Crippen molar-refractivity contribution in [2.75, 3.05) is 20.8 Å². The van der Waals surface area contributed by atoms with Crippen molar-refractivity contribution < 1.29 is 14.3 Å². The molecular formula is C28H28ClN3O3. The number of carbonyl (C=O) groups is 1. The van der Waals surface area contributed by atoms with Crippen LogP contribution in [0.5, 0.6) is 11.5 Å². The molecule has 0 bridgehead atoms. The van der Waals surface area contributed by atoms with Gasteiger partial charge < -0.3 is 18.9 Å². The minimum absolute atomic E-state index is 0. The van der Waals surface area contributed by atoms with E-state index >= 15 is 0 Å². The van der Waals surface area contributed by atoms with E-state index in [1.807, 2.05) is 54.4 Å². The van der Waals surface area contributed by atoms with Crippen LogP contribution < -0.4 is 9.47 Å². The third kappa shape index (κ3) is 4.49. The van der Waals surface area contributed by atoms with Crippen LogP contribution in [0.1, 0.15) is 16.7 Å². The predicted octanol–water partition coefficient (Wildman–Crippen LogP) is 5.28. The Morgan fingerprint density at radius 2 is 1.71 bits per heavy atom. The maximum atomic E-state index is 13.2. The van der Waals surface area contributed by atoms with Gasteiger partial charge in [-0.15, -0.1) is 12.4 Å². The molecule has 2 aromatic heterocycles. The quantitative estimate of drug-likeness (QED) is 0.358. The first-order valence-corrected chi connectivity index (χ1v) is 11.3. The molecule has 0 atom stereocenters. The first-order chi connectivity index (χ1) is 16.6. The number of fused-ring (bicyclic) bond motifs is 2. The molecule has 0 radical (unpaired) electrons. The number of rotatable bonds is 5. The third-order valence-electron chi connectivity index (χ3n) is 6.46. The van der Waals surface area contributed by atoms with Crippen LogP contribution in [-0.4, -0.2) is 41.1 Å². The van der Waals surface area contributed by atoms with Crippen molar-refractivity contribution in [3.8, 4) is 22.8 Å². The van der Waals surface area contributed by atoms with Crippen LogP contribution in [-0.2, 0) is 24.8 Å². The summed E-state index contributed by atoms with van der Waals surface area (Å²) in [6, 6.07) is 18.2. The zero-order chi connectivity index (χ0) is 23.7. The van der Waals surface area contributed by atoms with E-state index < -0.39 is 0 Å². The van der Waals surface area contributed by atoms with Crippen LogP contribution in [0.2, 0.25) is 0 Å². The van der Waals surface area contributed by atoms with Gasteiger partial charge in [0, 0.05) is 38.0 Å². The lowest BCUT2D eigenvalue weighted by atomic mass is 9.98. The summed E-state index contributed by atoms with van der Waals surface area (Å²) in [6.07, 6.45) is 6.14. The zero-order valence-electron chi connectivity index (χ0n) is 20.0. The molecule has 0 N–H and O–H groups in total. The second-order valence-electron chi connectivity index (χ2n) is 8.38. The Morgan fingerprint density at radius 3 is 2.43 bits per heavy atom. The highest BCUT2D eigenvalue weighted by atomic mass is 35.5. The van der Waals surface area contributed by atoms with Crippen LogP contribution in [0.3, 0.4) is 0 Å². The number of ether oxygens (including phenoxy) is 2. The summed E-state index contributed by atoms with van der Waals surface area (Å²) >= 11 is 0. The predicted molar refractivity (Wildman–Crippen MR) is 141 cm³/mol. The number of nitrogens with zero attached hydrogens (tertiary/aromatic N) is 3. The number of hydrogen-bond donors (Lipinski definition) is 0. The number of aromatic nitrogens is 2. The highest BCUT2D eigenvalue weighted by Crippen LogP contribution is 2.34. The van der Waals surface area contributed by atoms with Gasteiger partial charge in [0.25, 0.3) is 0 Å². The molecule has 0 spiro atoms. The molecule has 1 aliphatic rings. The largest absolute Gasteiger partial charge is 0.493 e. The minimum atomic E-state index is -0.0209. The number of amides is 1. The van der Waals surface area contributed by atoms with Crippen molar-refractivity contribution in [2.24, 2.45) is 7.05 Å². The molecule has 1 amide bonds. The fourth-order valence-corrected chi connectivity index (χ4v) is 4.72. The monoisotopic (exact) mass is 489 g/mol. The number of benzene rings is 2. The van der Waals surface area contributed by atoms with Crippen molar-refractivity contribution in [3.63, 3.8) is 0 Å². The van der Waals surface area contributed by atoms with E-state index in [0.717, 1.165) is 45.6 Å². The molecule has 7 heteroatoms. The lowest BCUT2D eigenvalue weighted by Gasteiger charge is -2.28. The Balaban J connectivity index is 0.00000289. The normalized spacial score (nSPS) is 12.9. The Morgan fingerprint density at radius 1 is 1.00 bits per heavy atom. The number of halogens is 1. The average Bonchev–Trinajstić information content (AvgIpc) is 3.18. The van der Waals surface area contributed by atoms with Gasteiger partial charge in [0.05, 0.1) is 30.9 Å². The number of aryl methyl sites for hydroxylation is 1. The molecule has 2 aromatic carbocycles. The number of methoxy groups -OCH3 is 2. The van der Waals surface area contributed by atoms with E-state index in [1.165, 1.54) is 5.56 Å². The topological polar surface area (TPSA) is 56.6 Å². The Hall–Kier alpha value is -3.77. The van der Waals surface area contributed by atoms with Crippen molar-refractivity contribution >= 4 is 35.4 Å². The molecule has 180 valence electrons. The number of carbonyl (C=O) groups excluding carboxylic acids is 1. The van der Waals surface area contributed by atoms with Gasteiger partial charge in [-0.25, -0.2) is 0 Å². The Bertz CT molecular complexity index is 1400. The van der Waals surface area contributed by atoms with Crippen molar-refractivity contribution in [3.05, 3.63) is 83.6 Å².